The van der Waals surface area contributed by atoms with Gasteiger partial charge in [0.05, 0.1) is 12.7 Å². The molecule has 1 saturated heterocycles. The molecule has 1 aromatic carbocycles. The molecule has 92 valence electrons. The number of rotatable bonds is 2. The minimum absolute atomic E-state index is 0.0195. The van der Waals surface area contributed by atoms with Crippen LogP contribution in [-0.4, -0.2) is 36.1 Å². The molecule has 0 aliphatic carbocycles. The van der Waals surface area contributed by atoms with Gasteiger partial charge in [-0.15, -0.1) is 0 Å². The largest absolute Gasteiger partial charge is 0.507 e. The van der Waals surface area contributed by atoms with Crippen molar-refractivity contribution in [2.75, 3.05) is 20.2 Å². The van der Waals surface area contributed by atoms with Crippen LogP contribution in [0.2, 0.25) is 0 Å². The number of likely N-dealkylation sites (tertiary alicyclic amines) is 1. The van der Waals surface area contributed by atoms with Gasteiger partial charge in [0.1, 0.15) is 11.5 Å². The maximum absolute atomic E-state index is 12.1. The number of hydrogen-bond donors (Lipinski definition) is 1. The summed E-state index contributed by atoms with van der Waals surface area (Å²) in [5.41, 5.74) is 0.347. The molecule has 2 rings (SSSR count). The molecular weight excluding hydrogens is 218 g/mol. The Hall–Kier alpha value is -1.71. The quantitative estimate of drug-likeness (QED) is 0.851. The van der Waals surface area contributed by atoms with Gasteiger partial charge in [-0.25, -0.2) is 0 Å². The highest BCUT2D eigenvalue weighted by atomic mass is 16.5. The van der Waals surface area contributed by atoms with Crippen molar-refractivity contribution in [3.8, 4) is 11.5 Å². The van der Waals surface area contributed by atoms with E-state index >= 15 is 0 Å². The number of phenols is 1. The molecule has 4 heteroatoms. The molecule has 0 spiro atoms. The number of carbonyl (C=O) groups is 1. The number of amides is 1. The van der Waals surface area contributed by atoms with Crippen LogP contribution in [0, 0.1) is 5.92 Å². The van der Waals surface area contributed by atoms with Gasteiger partial charge in [0.15, 0.2) is 0 Å². The molecule has 17 heavy (non-hydrogen) atoms. The fourth-order valence-corrected chi connectivity index (χ4v) is 2.11. The summed E-state index contributed by atoms with van der Waals surface area (Å²) >= 11 is 0. The van der Waals surface area contributed by atoms with Crippen LogP contribution in [-0.2, 0) is 0 Å². The third-order valence-corrected chi connectivity index (χ3v) is 3.15. The Labute approximate surface area is 101 Å². The zero-order valence-corrected chi connectivity index (χ0v) is 10.1. The van der Waals surface area contributed by atoms with Gasteiger partial charge < -0.3 is 14.7 Å². The monoisotopic (exact) mass is 235 g/mol. The number of hydrogen-bond acceptors (Lipinski definition) is 3. The smallest absolute Gasteiger partial charge is 0.257 e. The molecule has 1 aliphatic heterocycles. The maximum Gasteiger partial charge on any atom is 0.257 e. The van der Waals surface area contributed by atoms with E-state index in [9.17, 15) is 9.90 Å². The number of methoxy groups -OCH3 is 1. The Morgan fingerprint density at radius 1 is 1.53 bits per heavy atom. The van der Waals surface area contributed by atoms with Crippen molar-refractivity contribution in [3.63, 3.8) is 0 Å². The van der Waals surface area contributed by atoms with Crippen molar-refractivity contribution in [3.05, 3.63) is 23.8 Å². The lowest BCUT2D eigenvalue weighted by atomic mass is 10.1. The Morgan fingerprint density at radius 2 is 2.29 bits per heavy atom. The molecule has 1 heterocycles. The fraction of sp³-hybridized carbons (Fsp3) is 0.462. The molecular formula is C13H17NO3. The lowest BCUT2D eigenvalue weighted by Gasteiger charge is -2.16. The standard InChI is InChI=1S/C13H17NO3/c1-9-5-6-14(8-9)13(16)11-4-3-10(17-2)7-12(11)15/h3-4,7,9,15H,5-6,8H2,1-2H3. The molecule has 4 nitrogen and oxygen atoms in total. The van der Waals surface area contributed by atoms with Crippen LogP contribution in [0.4, 0.5) is 0 Å². The summed E-state index contributed by atoms with van der Waals surface area (Å²) in [4.78, 5) is 13.9. The van der Waals surface area contributed by atoms with Crippen LogP contribution in [0.1, 0.15) is 23.7 Å². The number of benzene rings is 1. The summed E-state index contributed by atoms with van der Waals surface area (Å²) in [5, 5.41) is 9.79. The second kappa shape index (κ2) is 4.65. The van der Waals surface area contributed by atoms with Crippen LogP contribution in [0.5, 0.6) is 11.5 Å². The SMILES string of the molecule is COc1ccc(C(=O)N2CCC(C)C2)c(O)c1. The highest BCUT2D eigenvalue weighted by Crippen LogP contribution is 2.26. The van der Waals surface area contributed by atoms with Crippen molar-refractivity contribution >= 4 is 5.91 Å². The molecule has 0 saturated carbocycles. The summed E-state index contributed by atoms with van der Waals surface area (Å²) in [5.74, 6) is 0.969. The molecule has 0 radical (unpaired) electrons. The minimum atomic E-state index is -0.102. The van der Waals surface area contributed by atoms with Crippen molar-refractivity contribution in [1.29, 1.82) is 0 Å². The Kier molecular flexibility index (Phi) is 3.22. The van der Waals surface area contributed by atoms with E-state index in [1.165, 1.54) is 13.2 Å². The van der Waals surface area contributed by atoms with E-state index in [0.717, 1.165) is 19.5 Å². The Balaban J connectivity index is 2.19. The Bertz CT molecular complexity index is 431. The fourth-order valence-electron chi connectivity index (χ4n) is 2.11. The first-order valence-corrected chi connectivity index (χ1v) is 5.78. The highest BCUT2D eigenvalue weighted by Gasteiger charge is 2.25. The molecule has 1 amide bonds. The van der Waals surface area contributed by atoms with E-state index in [2.05, 4.69) is 6.92 Å². The normalized spacial score (nSPS) is 19.4. The predicted molar refractivity (Wildman–Crippen MR) is 64.3 cm³/mol. The van der Waals surface area contributed by atoms with Crippen LogP contribution in [0.3, 0.4) is 0 Å². The Morgan fingerprint density at radius 3 is 2.82 bits per heavy atom. The lowest BCUT2D eigenvalue weighted by molar-refractivity contribution is 0.0785. The molecule has 1 unspecified atom stereocenters. The molecule has 1 aliphatic rings. The highest BCUT2D eigenvalue weighted by molar-refractivity contribution is 5.97. The van der Waals surface area contributed by atoms with Gasteiger partial charge >= 0.3 is 0 Å². The lowest BCUT2D eigenvalue weighted by Crippen LogP contribution is -2.28. The molecule has 1 atom stereocenters. The summed E-state index contributed by atoms with van der Waals surface area (Å²) in [6, 6.07) is 4.76. The first kappa shape index (κ1) is 11.8. The van der Waals surface area contributed by atoms with Crippen molar-refractivity contribution < 1.29 is 14.6 Å². The molecule has 1 N–H and O–H groups in total. The van der Waals surface area contributed by atoms with Crippen molar-refractivity contribution in [2.24, 2.45) is 5.92 Å². The minimum Gasteiger partial charge on any atom is -0.507 e. The van der Waals surface area contributed by atoms with Gasteiger partial charge in [-0.05, 0) is 24.5 Å². The molecule has 0 aromatic heterocycles. The predicted octanol–water partition coefficient (Wildman–Crippen LogP) is 1.88. The molecule has 1 fully saturated rings. The summed E-state index contributed by atoms with van der Waals surface area (Å²) in [6.07, 6.45) is 1.03. The van der Waals surface area contributed by atoms with Gasteiger partial charge in [0.2, 0.25) is 0 Å². The van der Waals surface area contributed by atoms with Gasteiger partial charge in [-0.3, -0.25) is 4.79 Å². The zero-order chi connectivity index (χ0) is 12.4. The number of nitrogens with zero attached hydrogens (tertiary/aromatic N) is 1. The topological polar surface area (TPSA) is 49.8 Å². The number of aromatic hydroxyl groups is 1. The van der Waals surface area contributed by atoms with Crippen molar-refractivity contribution in [2.45, 2.75) is 13.3 Å². The second-order valence-corrected chi connectivity index (χ2v) is 4.53. The van der Waals surface area contributed by atoms with E-state index in [1.54, 1.807) is 17.0 Å². The first-order valence-electron chi connectivity index (χ1n) is 5.78. The maximum atomic E-state index is 12.1. The van der Waals surface area contributed by atoms with Crippen molar-refractivity contribution in [1.82, 2.24) is 4.90 Å². The first-order chi connectivity index (χ1) is 8.11. The van der Waals surface area contributed by atoms with E-state index in [0.29, 0.717) is 17.2 Å². The summed E-state index contributed by atoms with van der Waals surface area (Å²) in [6.45, 7) is 3.66. The van der Waals surface area contributed by atoms with E-state index in [-0.39, 0.29) is 11.7 Å². The number of phenolic OH excluding ortho intramolecular Hbond substituents is 1. The van der Waals surface area contributed by atoms with Gasteiger partial charge in [0.25, 0.3) is 5.91 Å². The van der Waals surface area contributed by atoms with Gasteiger partial charge in [-0.1, -0.05) is 6.92 Å². The van der Waals surface area contributed by atoms with Crippen LogP contribution in [0.15, 0.2) is 18.2 Å². The van der Waals surface area contributed by atoms with E-state index < -0.39 is 0 Å². The van der Waals surface area contributed by atoms with E-state index in [4.69, 9.17) is 4.74 Å². The van der Waals surface area contributed by atoms with E-state index in [1.807, 2.05) is 0 Å². The van der Waals surface area contributed by atoms with Crippen LogP contribution in [0.25, 0.3) is 0 Å². The third-order valence-electron chi connectivity index (χ3n) is 3.15. The van der Waals surface area contributed by atoms with Crippen LogP contribution >= 0.6 is 0 Å². The average molecular weight is 235 g/mol. The van der Waals surface area contributed by atoms with Crippen LogP contribution < -0.4 is 4.74 Å². The summed E-state index contributed by atoms with van der Waals surface area (Å²) < 4.78 is 4.99. The van der Waals surface area contributed by atoms with Gasteiger partial charge in [-0.2, -0.15) is 0 Å². The van der Waals surface area contributed by atoms with Gasteiger partial charge in [0, 0.05) is 19.2 Å². The molecule has 1 aromatic rings. The number of ether oxygens (including phenoxy) is 1. The third kappa shape index (κ3) is 2.35. The number of carbonyl (C=O) groups excluding carboxylic acids is 1. The second-order valence-electron chi connectivity index (χ2n) is 4.53. The zero-order valence-electron chi connectivity index (χ0n) is 10.1. The average Bonchev–Trinajstić information content (AvgIpc) is 2.75. The molecule has 0 bridgehead atoms. The summed E-state index contributed by atoms with van der Waals surface area (Å²) in [7, 11) is 1.53.